The van der Waals surface area contributed by atoms with Crippen molar-refractivity contribution < 1.29 is 9.90 Å². The third-order valence-corrected chi connectivity index (χ3v) is 2.68. The Labute approximate surface area is 93.3 Å². The van der Waals surface area contributed by atoms with Crippen LogP contribution in [0.25, 0.3) is 0 Å². The molecule has 0 spiro atoms. The average molecular weight is 222 g/mol. The number of carboxylic acid groups (broad SMARTS) is 1. The molecule has 1 saturated heterocycles. The number of nitrogens with one attached hydrogen (secondary N) is 1. The van der Waals surface area contributed by atoms with Crippen LogP contribution in [0.1, 0.15) is 16.8 Å². The quantitative estimate of drug-likeness (QED) is 0.765. The molecule has 0 bridgehead atoms. The Kier molecular flexibility index (Phi) is 3.00. The SMILES string of the molecule is CN1CCC(Nc2nnccc2C(=O)O)C1. The van der Waals surface area contributed by atoms with E-state index in [1.54, 1.807) is 0 Å². The van der Waals surface area contributed by atoms with Gasteiger partial charge in [-0.1, -0.05) is 0 Å². The highest BCUT2D eigenvalue weighted by Crippen LogP contribution is 2.15. The van der Waals surface area contributed by atoms with Gasteiger partial charge in [-0.2, -0.15) is 5.10 Å². The molecule has 0 aliphatic carbocycles. The smallest absolute Gasteiger partial charge is 0.339 e. The zero-order valence-electron chi connectivity index (χ0n) is 9.05. The van der Waals surface area contributed by atoms with Crippen LogP contribution in [-0.4, -0.2) is 52.4 Å². The van der Waals surface area contributed by atoms with Crippen molar-refractivity contribution >= 4 is 11.8 Å². The van der Waals surface area contributed by atoms with E-state index in [2.05, 4.69) is 20.4 Å². The highest BCUT2D eigenvalue weighted by molar-refractivity contribution is 5.92. The van der Waals surface area contributed by atoms with Gasteiger partial charge in [0.25, 0.3) is 0 Å². The van der Waals surface area contributed by atoms with Gasteiger partial charge in [-0.3, -0.25) is 0 Å². The Balaban J connectivity index is 2.12. The maximum absolute atomic E-state index is 10.9. The molecule has 6 heteroatoms. The van der Waals surface area contributed by atoms with Crippen molar-refractivity contribution in [3.8, 4) is 0 Å². The van der Waals surface area contributed by atoms with E-state index in [-0.39, 0.29) is 11.6 Å². The largest absolute Gasteiger partial charge is 0.478 e. The minimum absolute atomic E-state index is 0.171. The Morgan fingerprint density at radius 1 is 1.69 bits per heavy atom. The molecule has 2 heterocycles. The van der Waals surface area contributed by atoms with Gasteiger partial charge in [0.1, 0.15) is 5.56 Å². The minimum Gasteiger partial charge on any atom is -0.478 e. The van der Waals surface area contributed by atoms with E-state index in [0.717, 1.165) is 19.5 Å². The van der Waals surface area contributed by atoms with Crippen molar-refractivity contribution in [2.24, 2.45) is 0 Å². The summed E-state index contributed by atoms with van der Waals surface area (Å²) in [5.74, 6) is -0.626. The topological polar surface area (TPSA) is 78.3 Å². The number of likely N-dealkylation sites (N-methyl/N-ethyl adjacent to an activating group) is 1. The highest BCUT2D eigenvalue weighted by atomic mass is 16.4. The van der Waals surface area contributed by atoms with Gasteiger partial charge < -0.3 is 15.3 Å². The molecular weight excluding hydrogens is 208 g/mol. The number of hydrogen-bond acceptors (Lipinski definition) is 5. The van der Waals surface area contributed by atoms with Gasteiger partial charge in [0.15, 0.2) is 5.82 Å². The molecule has 0 amide bonds. The second-order valence-electron chi connectivity index (χ2n) is 3.99. The third-order valence-electron chi connectivity index (χ3n) is 2.68. The number of nitrogens with zero attached hydrogens (tertiary/aromatic N) is 3. The number of hydrogen-bond donors (Lipinski definition) is 2. The van der Waals surface area contributed by atoms with Crippen molar-refractivity contribution in [2.75, 3.05) is 25.5 Å². The predicted molar refractivity (Wildman–Crippen MR) is 58.5 cm³/mol. The second-order valence-corrected chi connectivity index (χ2v) is 3.99. The van der Waals surface area contributed by atoms with Crippen molar-refractivity contribution in [3.63, 3.8) is 0 Å². The van der Waals surface area contributed by atoms with E-state index < -0.39 is 5.97 Å². The molecule has 0 saturated carbocycles. The monoisotopic (exact) mass is 222 g/mol. The summed E-state index contributed by atoms with van der Waals surface area (Å²) in [7, 11) is 2.04. The molecule has 0 aromatic carbocycles. The van der Waals surface area contributed by atoms with E-state index >= 15 is 0 Å². The van der Waals surface area contributed by atoms with Crippen LogP contribution in [0, 0.1) is 0 Å². The van der Waals surface area contributed by atoms with Gasteiger partial charge in [0.2, 0.25) is 0 Å². The maximum Gasteiger partial charge on any atom is 0.339 e. The molecule has 1 unspecified atom stereocenters. The molecule has 1 fully saturated rings. The molecule has 2 rings (SSSR count). The summed E-state index contributed by atoms with van der Waals surface area (Å²) in [5.41, 5.74) is 0.171. The Hall–Kier alpha value is -1.69. The molecule has 16 heavy (non-hydrogen) atoms. The van der Waals surface area contributed by atoms with Gasteiger partial charge in [-0.05, 0) is 26.1 Å². The Bertz CT molecular complexity index is 396. The number of carboxylic acids is 1. The summed E-state index contributed by atoms with van der Waals surface area (Å²) >= 11 is 0. The van der Waals surface area contributed by atoms with Gasteiger partial charge in [0.05, 0.1) is 6.20 Å². The lowest BCUT2D eigenvalue weighted by molar-refractivity contribution is 0.0697. The molecule has 1 atom stereocenters. The molecule has 0 radical (unpaired) electrons. The fourth-order valence-electron chi connectivity index (χ4n) is 1.86. The van der Waals surface area contributed by atoms with Crippen LogP contribution in [0.4, 0.5) is 5.82 Å². The summed E-state index contributed by atoms with van der Waals surface area (Å²) in [4.78, 5) is 13.1. The van der Waals surface area contributed by atoms with Crippen LogP contribution in [0.2, 0.25) is 0 Å². The Morgan fingerprint density at radius 3 is 3.12 bits per heavy atom. The summed E-state index contributed by atoms with van der Waals surface area (Å²) < 4.78 is 0. The predicted octanol–water partition coefficient (Wildman–Crippen LogP) is 0.291. The molecule has 2 N–H and O–H groups in total. The lowest BCUT2D eigenvalue weighted by atomic mass is 10.2. The summed E-state index contributed by atoms with van der Waals surface area (Å²) in [6, 6.07) is 1.70. The Morgan fingerprint density at radius 2 is 2.50 bits per heavy atom. The van der Waals surface area contributed by atoms with E-state index in [1.807, 2.05) is 7.05 Å². The standard InChI is InChI=1S/C10H14N4O2/c1-14-5-3-7(6-14)12-9-8(10(15)16)2-4-11-13-9/h2,4,7H,3,5-6H2,1H3,(H,12,13)(H,15,16). The van der Waals surface area contributed by atoms with Crippen LogP contribution >= 0.6 is 0 Å². The molecule has 1 aliphatic rings. The van der Waals surface area contributed by atoms with Gasteiger partial charge in [-0.25, -0.2) is 4.79 Å². The zero-order chi connectivity index (χ0) is 11.5. The first-order valence-electron chi connectivity index (χ1n) is 5.17. The summed E-state index contributed by atoms with van der Waals surface area (Å²) in [5, 5.41) is 19.6. The normalized spacial score (nSPS) is 20.9. The van der Waals surface area contributed by atoms with E-state index in [4.69, 9.17) is 5.11 Å². The lowest BCUT2D eigenvalue weighted by Gasteiger charge is -2.14. The first-order chi connectivity index (χ1) is 7.66. The first-order valence-corrected chi connectivity index (χ1v) is 5.17. The van der Waals surface area contributed by atoms with Gasteiger partial charge >= 0.3 is 5.97 Å². The number of aromatic carboxylic acids is 1. The zero-order valence-corrected chi connectivity index (χ0v) is 9.05. The van der Waals surface area contributed by atoms with Crippen molar-refractivity contribution in [1.82, 2.24) is 15.1 Å². The molecule has 6 nitrogen and oxygen atoms in total. The maximum atomic E-state index is 10.9. The van der Waals surface area contributed by atoms with Crippen molar-refractivity contribution in [3.05, 3.63) is 17.8 Å². The molecule has 1 aliphatic heterocycles. The van der Waals surface area contributed by atoms with Crippen LogP contribution in [-0.2, 0) is 0 Å². The molecule has 86 valence electrons. The number of carbonyl (C=O) groups is 1. The summed E-state index contributed by atoms with van der Waals surface area (Å²) in [6.07, 6.45) is 2.38. The minimum atomic E-state index is -0.983. The summed E-state index contributed by atoms with van der Waals surface area (Å²) in [6.45, 7) is 1.91. The van der Waals surface area contributed by atoms with Crippen LogP contribution < -0.4 is 5.32 Å². The third kappa shape index (κ3) is 2.27. The number of rotatable bonds is 3. The average Bonchev–Trinajstić information content (AvgIpc) is 2.64. The number of likely N-dealkylation sites (tertiary alicyclic amines) is 1. The van der Waals surface area contributed by atoms with Gasteiger partial charge in [-0.15, -0.1) is 5.10 Å². The highest BCUT2D eigenvalue weighted by Gasteiger charge is 2.21. The van der Waals surface area contributed by atoms with Crippen LogP contribution in [0.15, 0.2) is 12.3 Å². The van der Waals surface area contributed by atoms with Crippen LogP contribution in [0.5, 0.6) is 0 Å². The molecule has 1 aromatic rings. The van der Waals surface area contributed by atoms with E-state index in [0.29, 0.717) is 5.82 Å². The molecule has 1 aromatic heterocycles. The first kappa shape index (κ1) is 10.8. The fraction of sp³-hybridized carbons (Fsp3) is 0.500. The van der Waals surface area contributed by atoms with E-state index in [1.165, 1.54) is 12.3 Å². The van der Waals surface area contributed by atoms with Gasteiger partial charge in [0, 0.05) is 12.6 Å². The molecular formula is C10H14N4O2. The fourth-order valence-corrected chi connectivity index (χ4v) is 1.86. The van der Waals surface area contributed by atoms with Crippen LogP contribution in [0.3, 0.4) is 0 Å². The van der Waals surface area contributed by atoms with Crippen molar-refractivity contribution in [1.29, 1.82) is 0 Å². The number of anilines is 1. The number of aromatic nitrogens is 2. The second kappa shape index (κ2) is 4.44. The van der Waals surface area contributed by atoms with E-state index in [9.17, 15) is 4.79 Å². The lowest BCUT2D eigenvalue weighted by Crippen LogP contribution is -2.25. The van der Waals surface area contributed by atoms with Crippen molar-refractivity contribution in [2.45, 2.75) is 12.5 Å².